The zero-order chi connectivity index (χ0) is 15.6. The Hall–Kier alpha value is -1.29. The molecule has 21 heavy (non-hydrogen) atoms. The predicted molar refractivity (Wildman–Crippen MR) is 79.6 cm³/mol. The number of anilines is 1. The van der Waals surface area contributed by atoms with Crippen LogP contribution in [0.25, 0.3) is 0 Å². The second kappa shape index (κ2) is 6.22. The number of aryl methyl sites for hydroxylation is 1. The topological polar surface area (TPSA) is 84.0 Å². The van der Waals surface area contributed by atoms with Gasteiger partial charge in [-0.2, -0.15) is 0 Å². The lowest BCUT2D eigenvalue weighted by atomic mass is 10.2. The average molecular weight is 351 g/mol. The molecule has 0 spiro atoms. The van der Waals surface area contributed by atoms with Gasteiger partial charge in [0.25, 0.3) is 10.0 Å². The minimum Gasteiger partial charge on any atom is -0.316 e. The molecule has 0 aliphatic heterocycles. The number of rotatable bonds is 5. The number of sulfonamides is 1. The zero-order valence-electron chi connectivity index (χ0n) is 11.1. The third kappa shape index (κ3) is 3.67. The molecule has 0 radical (unpaired) electrons. The third-order valence-electron chi connectivity index (χ3n) is 2.50. The minimum absolute atomic E-state index is 0.102. The molecule has 10 heteroatoms. The Labute approximate surface area is 130 Å². The van der Waals surface area contributed by atoms with E-state index in [1.807, 2.05) is 0 Å². The summed E-state index contributed by atoms with van der Waals surface area (Å²) in [5.41, 5.74) is 0.355. The Morgan fingerprint density at radius 1 is 1.38 bits per heavy atom. The van der Waals surface area contributed by atoms with Crippen molar-refractivity contribution in [2.75, 3.05) is 11.8 Å². The monoisotopic (exact) mass is 350 g/mol. The summed E-state index contributed by atoms with van der Waals surface area (Å²) in [7, 11) is -2.30. The summed E-state index contributed by atoms with van der Waals surface area (Å²) in [6, 6.07) is 2.19. The highest BCUT2D eigenvalue weighted by atomic mass is 35.5. The molecule has 0 aliphatic carbocycles. The fourth-order valence-electron chi connectivity index (χ4n) is 1.60. The second-order valence-electron chi connectivity index (χ2n) is 4.14. The molecule has 0 bridgehead atoms. The number of hydrogen-bond donors (Lipinski definition) is 2. The van der Waals surface area contributed by atoms with Crippen molar-refractivity contribution < 1.29 is 12.8 Å². The summed E-state index contributed by atoms with van der Waals surface area (Å²) in [6.07, 6.45) is 0. The standard InChI is InChI=1S/C11H12ClFN4O2S2/c1-6-15-16-11(20-6)17-21(18,19)8-3-7(5-14-2)10(12)9(13)4-8/h3-4,14H,5H2,1-2H3,(H,16,17). The first kappa shape index (κ1) is 16.1. The zero-order valence-corrected chi connectivity index (χ0v) is 13.5. The highest BCUT2D eigenvalue weighted by Gasteiger charge is 2.20. The largest absolute Gasteiger partial charge is 0.316 e. The molecule has 0 saturated heterocycles. The van der Waals surface area contributed by atoms with E-state index in [0.717, 1.165) is 17.4 Å². The van der Waals surface area contributed by atoms with Gasteiger partial charge in [0.1, 0.15) is 10.8 Å². The van der Waals surface area contributed by atoms with Crippen LogP contribution < -0.4 is 10.0 Å². The molecule has 114 valence electrons. The van der Waals surface area contributed by atoms with Gasteiger partial charge in [-0.05, 0) is 31.7 Å². The highest BCUT2D eigenvalue weighted by molar-refractivity contribution is 7.93. The number of aromatic nitrogens is 2. The maximum Gasteiger partial charge on any atom is 0.263 e. The van der Waals surface area contributed by atoms with Crippen molar-refractivity contribution in [3.63, 3.8) is 0 Å². The SMILES string of the molecule is CNCc1cc(S(=O)(=O)Nc2nnc(C)s2)cc(F)c1Cl. The van der Waals surface area contributed by atoms with Gasteiger partial charge in [0.15, 0.2) is 0 Å². The van der Waals surface area contributed by atoms with Crippen molar-refractivity contribution in [2.24, 2.45) is 0 Å². The van der Waals surface area contributed by atoms with E-state index in [4.69, 9.17) is 11.6 Å². The number of nitrogens with zero attached hydrogens (tertiary/aromatic N) is 2. The summed E-state index contributed by atoms with van der Waals surface area (Å²) in [6.45, 7) is 1.94. The molecular formula is C11H12ClFN4O2S2. The molecule has 2 rings (SSSR count). The second-order valence-corrected chi connectivity index (χ2v) is 7.38. The van der Waals surface area contributed by atoms with Gasteiger partial charge in [-0.15, -0.1) is 10.2 Å². The first-order chi connectivity index (χ1) is 9.83. The van der Waals surface area contributed by atoms with Crippen LogP contribution in [-0.4, -0.2) is 25.7 Å². The molecule has 0 aliphatic rings. The fourth-order valence-corrected chi connectivity index (χ4v) is 3.66. The molecule has 0 saturated carbocycles. The molecule has 0 amide bonds. The van der Waals surface area contributed by atoms with Crippen LogP contribution in [0.2, 0.25) is 5.02 Å². The lowest BCUT2D eigenvalue weighted by Gasteiger charge is -2.09. The van der Waals surface area contributed by atoms with Crippen molar-refractivity contribution in [1.82, 2.24) is 15.5 Å². The van der Waals surface area contributed by atoms with Gasteiger partial charge in [-0.25, -0.2) is 12.8 Å². The molecule has 0 fully saturated rings. The van der Waals surface area contributed by atoms with Crippen molar-refractivity contribution in [1.29, 1.82) is 0 Å². The smallest absolute Gasteiger partial charge is 0.263 e. The fraction of sp³-hybridized carbons (Fsp3) is 0.273. The lowest BCUT2D eigenvalue weighted by molar-refractivity contribution is 0.593. The van der Waals surface area contributed by atoms with E-state index < -0.39 is 15.8 Å². The number of hydrogen-bond acceptors (Lipinski definition) is 6. The summed E-state index contributed by atoms with van der Waals surface area (Å²) >= 11 is 6.89. The lowest BCUT2D eigenvalue weighted by Crippen LogP contribution is -2.15. The number of nitrogens with one attached hydrogen (secondary N) is 2. The summed E-state index contributed by atoms with van der Waals surface area (Å²) < 4.78 is 40.5. The maximum atomic E-state index is 13.8. The molecule has 6 nitrogen and oxygen atoms in total. The van der Waals surface area contributed by atoms with Gasteiger partial charge in [-0.3, -0.25) is 4.72 Å². The Morgan fingerprint density at radius 3 is 2.67 bits per heavy atom. The maximum absolute atomic E-state index is 13.8. The highest BCUT2D eigenvalue weighted by Crippen LogP contribution is 2.26. The van der Waals surface area contributed by atoms with Crippen LogP contribution in [-0.2, 0) is 16.6 Å². The van der Waals surface area contributed by atoms with E-state index >= 15 is 0 Å². The van der Waals surface area contributed by atoms with Crippen LogP contribution >= 0.6 is 22.9 Å². The van der Waals surface area contributed by atoms with Gasteiger partial charge < -0.3 is 5.32 Å². The van der Waals surface area contributed by atoms with Crippen LogP contribution in [0, 0.1) is 12.7 Å². The van der Waals surface area contributed by atoms with Crippen molar-refractivity contribution in [2.45, 2.75) is 18.4 Å². The van der Waals surface area contributed by atoms with Gasteiger partial charge in [0, 0.05) is 6.54 Å². The molecule has 2 aromatic rings. The Balaban J connectivity index is 2.40. The molecular weight excluding hydrogens is 339 g/mol. The van der Waals surface area contributed by atoms with Gasteiger partial charge in [-0.1, -0.05) is 22.9 Å². The quantitative estimate of drug-likeness (QED) is 0.863. The van der Waals surface area contributed by atoms with Crippen LogP contribution in [0.1, 0.15) is 10.6 Å². The summed E-state index contributed by atoms with van der Waals surface area (Å²) in [4.78, 5) is -0.220. The average Bonchev–Trinajstić information content (AvgIpc) is 2.79. The first-order valence-electron chi connectivity index (χ1n) is 5.79. The van der Waals surface area contributed by atoms with Crippen LogP contribution in [0.4, 0.5) is 9.52 Å². The molecule has 2 N–H and O–H groups in total. The Kier molecular flexibility index (Phi) is 4.77. The molecule has 0 unspecified atom stereocenters. The number of halogens is 2. The number of benzene rings is 1. The minimum atomic E-state index is -3.95. The van der Waals surface area contributed by atoms with Gasteiger partial charge in [0.2, 0.25) is 5.13 Å². The molecule has 1 aromatic heterocycles. The van der Waals surface area contributed by atoms with Gasteiger partial charge >= 0.3 is 0 Å². The van der Waals surface area contributed by atoms with Crippen LogP contribution in [0.5, 0.6) is 0 Å². The predicted octanol–water partition coefficient (Wildman–Crippen LogP) is 2.16. The van der Waals surface area contributed by atoms with E-state index in [1.165, 1.54) is 6.07 Å². The Morgan fingerprint density at radius 2 is 2.10 bits per heavy atom. The normalized spacial score (nSPS) is 11.6. The van der Waals surface area contributed by atoms with Crippen LogP contribution in [0.3, 0.4) is 0 Å². The third-order valence-corrected chi connectivity index (χ3v) is 5.13. The van der Waals surface area contributed by atoms with Gasteiger partial charge in [0.05, 0.1) is 9.92 Å². The van der Waals surface area contributed by atoms with E-state index in [0.29, 0.717) is 10.6 Å². The summed E-state index contributed by atoms with van der Waals surface area (Å²) in [5, 5.41) is 10.8. The van der Waals surface area contributed by atoms with Crippen molar-refractivity contribution in [3.8, 4) is 0 Å². The van der Waals surface area contributed by atoms with E-state index in [9.17, 15) is 12.8 Å². The first-order valence-corrected chi connectivity index (χ1v) is 8.46. The van der Waals surface area contributed by atoms with Crippen molar-refractivity contribution >= 4 is 38.1 Å². The van der Waals surface area contributed by atoms with E-state index in [2.05, 4.69) is 20.2 Å². The molecule has 0 atom stereocenters. The van der Waals surface area contributed by atoms with Crippen LogP contribution in [0.15, 0.2) is 17.0 Å². The summed E-state index contributed by atoms with van der Waals surface area (Å²) in [5.74, 6) is -0.793. The van der Waals surface area contributed by atoms with E-state index in [1.54, 1.807) is 14.0 Å². The van der Waals surface area contributed by atoms with Crippen molar-refractivity contribution in [3.05, 3.63) is 33.5 Å². The molecule has 1 heterocycles. The Bertz CT molecular complexity index is 764. The van der Waals surface area contributed by atoms with E-state index in [-0.39, 0.29) is 21.6 Å². The molecule has 1 aromatic carbocycles.